The van der Waals surface area contributed by atoms with Gasteiger partial charge in [0.25, 0.3) is 10.2 Å². The van der Waals surface area contributed by atoms with E-state index in [-0.39, 0.29) is 18.4 Å². The molecule has 17 heavy (non-hydrogen) atoms. The minimum absolute atomic E-state index is 0. The molecule has 1 aliphatic rings. The zero-order valence-electron chi connectivity index (χ0n) is 10.8. The molecule has 2 unspecified atom stereocenters. The molecule has 1 rings (SSSR count). The molecule has 1 saturated heterocycles. The van der Waals surface area contributed by atoms with E-state index < -0.39 is 10.2 Å². The van der Waals surface area contributed by atoms with Gasteiger partial charge in [0, 0.05) is 25.7 Å². The molecule has 0 amide bonds. The monoisotopic (exact) mass is 285 g/mol. The van der Waals surface area contributed by atoms with Crippen LogP contribution in [0.1, 0.15) is 27.2 Å². The first-order chi connectivity index (χ1) is 7.51. The first-order valence-corrected chi connectivity index (χ1v) is 7.43. The van der Waals surface area contributed by atoms with Gasteiger partial charge in [0.2, 0.25) is 0 Å². The van der Waals surface area contributed by atoms with Crippen LogP contribution in [0.5, 0.6) is 0 Å². The Kier molecular flexibility index (Phi) is 7.58. The molecule has 1 aliphatic heterocycles. The first-order valence-electron chi connectivity index (χ1n) is 5.99. The van der Waals surface area contributed by atoms with Crippen molar-refractivity contribution in [2.24, 2.45) is 5.92 Å². The second-order valence-electron chi connectivity index (χ2n) is 4.28. The Balaban J connectivity index is 0.00000256. The van der Waals surface area contributed by atoms with Gasteiger partial charge in [0.1, 0.15) is 0 Å². The molecule has 2 N–H and O–H groups in total. The smallest absolute Gasteiger partial charge is 0.279 e. The van der Waals surface area contributed by atoms with Crippen LogP contribution in [-0.4, -0.2) is 44.9 Å². The van der Waals surface area contributed by atoms with E-state index in [0.717, 1.165) is 19.5 Å². The lowest BCUT2D eigenvalue weighted by molar-refractivity contribution is 0.318. The minimum atomic E-state index is -3.31. The summed E-state index contributed by atoms with van der Waals surface area (Å²) in [6.07, 6.45) is 1.02. The maximum absolute atomic E-state index is 12.0. The van der Waals surface area contributed by atoms with Crippen LogP contribution in [-0.2, 0) is 10.2 Å². The van der Waals surface area contributed by atoms with Crippen LogP contribution < -0.4 is 10.0 Å². The zero-order valence-corrected chi connectivity index (χ0v) is 12.4. The molecule has 0 bridgehead atoms. The van der Waals surface area contributed by atoms with E-state index in [4.69, 9.17) is 0 Å². The molecule has 1 fully saturated rings. The van der Waals surface area contributed by atoms with Crippen molar-refractivity contribution in [3.63, 3.8) is 0 Å². The van der Waals surface area contributed by atoms with Gasteiger partial charge < -0.3 is 5.32 Å². The number of nitrogens with zero attached hydrogens (tertiary/aromatic N) is 1. The maximum atomic E-state index is 12.0. The summed E-state index contributed by atoms with van der Waals surface area (Å²) in [6, 6.07) is 0.0133. The van der Waals surface area contributed by atoms with Gasteiger partial charge in [-0.3, -0.25) is 0 Å². The Morgan fingerprint density at radius 2 is 1.94 bits per heavy atom. The highest BCUT2D eigenvalue weighted by Gasteiger charge is 2.28. The van der Waals surface area contributed by atoms with Crippen molar-refractivity contribution in [3.05, 3.63) is 0 Å². The highest BCUT2D eigenvalue weighted by molar-refractivity contribution is 7.87. The zero-order chi connectivity index (χ0) is 12.2. The lowest BCUT2D eigenvalue weighted by Gasteiger charge is -2.31. The standard InChI is InChI=1S/C10H23N3O2S.ClH/c1-4-13(5-2)16(14,15)12-10-8-11-7-6-9(10)3;/h9-12H,4-8H2,1-3H3;1H. The van der Waals surface area contributed by atoms with E-state index in [9.17, 15) is 8.42 Å². The average Bonchev–Trinajstić information content (AvgIpc) is 2.22. The molecule has 0 radical (unpaired) electrons. The van der Waals surface area contributed by atoms with Crippen LogP contribution in [0.3, 0.4) is 0 Å². The maximum Gasteiger partial charge on any atom is 0.279 e. The molecule has 1 heterocycles. The highest BCUT2D eigenvalue weighted by atomic mass is 35.5. The van der Waals surface area contributed by atoms with Crippen LogP contribution in [0.4, 0.5) is 0 Å². The summed E-state index contributed by atoms with van der Waals surface area (Å²) in [5.74, 6) is 0.395. The van der Waals surface area contributed by atoms with E-state index >= 15 is 0 Å². The normalized spacial score (nSPS) is 25.6. The van der Waals surface area contributed by atoms with E-state index in [2.05, 4.69) is 17.0 Å². The number of hydrogen-bond acceptors (Lipinski definition) is 3. The number of halogens is 1. The Morgan fingerprint density at radius 3 is 2.41 bits per heavy atom. The third-order valence-electron chi connectivity index (χ3n) is 3.17. The minimum Gasteiger partial charge on any atom is -0.315 e. The number of rotatable bonds is 5. The van der Waals surface area contributed by atoms with Crippen molar-refractivity contribution >= 4 is 22.6 Å². The van der Waals surface area contributed by atoms with Gasteiger partial charge in [-0.2, -0.15) is 17.4 Å². The molecule has 5 nitrogen and oxygen atoms in total. The third kappa shape index (κ3) is 4.71. The quantitative estimate of drug-likeness (QED) is 0.777. The molecular weight excluding hydrogens is 262 g/mol. The average molecular weight is 286 g/mol. The molecule has 0 aromatic carbocycles. The summed E-state index contributed by atoms with van der Waals surface area (Å²) in [6.45, 7) is 8.53. The fourth-order valence-electron chi connectivity index (χ4n) is 1.98. The second kappa shape index (κ2) is 7.53. The predicted molar refractivity (Wildman–Crippen MR) is 72.7 cm³/mol. The van der Waals surface area contributed by atoms with Crippen molar-refractivity contribution in [2.75, 3.05) is 26.2 Å². The van der Waals surface area contributed by atoms with Crippen molar-refractivity contribution in [1.29, 1.82) is 0 Å². The second-order valence-corrected chi connectivity index (χ2v) is 5.99. The van der Waals surface area contributed by atoms with Crippen molar-refractivity contribution in [3.8, 4) is 0 Å². The third-order valence-corrected chi connectivity index (χ3v) is 4.97. The molecule has 104 valence electrons. The largest absolute Gasteiger partial charge is 0.315 e. The predicted octanol–water partition coefficient (Wildman–Crippen LogP) is 0.582. The van der Waals surface area contributed by atoms with Gasteiger partial charge in [-0.15, -0.1) is 12.4 Å². The molecule has 0 aromatic rings. The molecule has 0 saturated carbocycles. The molecule has 2 atom stereocenters. The topological polar surface area (TPSA) is 61.4 Å². The highest BCUT2D eigenvalue weighted by Crippen LogP contribution is 2.13. The molecule has 0 aromatic heterocycles. The van der Waals surface area contributed by atoms with Crippen LogP contribution in [0.25, 0.3) is 0 Å². The Bertz CT molecular complexity index is 307. The van der Waals surface area contributed by atoms with Gasteiger partial charge in [0.05, 0.1) is 0 Å². The van der Waals surface area contributed by atoms with Crippen molar-refractivity contribution < 1.29 is 8.42 Å². The fourth-order valence-corrected chi connectivity index (χ4v) is 3.50. The SMILES string of the molecule is CCN(CC)S(=O)(=O)NC1CNCCC1C.Cl. The molecule has 7 heteroatoms. The first kappa shape index (κ1) is 17.1. The van der Waals surface area contributed by atoms with Crippen molar-refractivity contribution in [1.82, 2.24) is 14.3 Å². The van der Waals surface area contributed by atoms with E-state index in [1.54, 1.807) is 0 Å². The fraction of sp³-hybridized carbons (Fsp3) is 1.00. The Hall–Kier alpha value is 0.120. The lowest BCUT2D eigenvalue weighted by Crippen LogP contribution is -2.53. The van der Waals surface area contributed by atoms with Crippen LogP contribution in [0.15, 0.2) is 0 Å². The van der Waals surface area contributed by atoms with Gasteiger partial charge in [-0.25, -0.2) is 0 Å². The summed E-state index contributed by atoms with van der Waals surface area (Å²) in [4.78, 5) is 0. The van der Waals surface area contributed by atoms with Gasteiger partial charge >= 0.3 is 0 Å². The van der Waals surface area contributed by atoms with Gasteiger partial charge in [-0.1, -0.05) is 20.8 Å². The van der Waals surface area contributed by atoms with Crippen LogP contribution in [0, 0.1) is 5.92 Å². The lowest BCUT2D eigenvalue weighted by atomic mass is 9.96. The molecule has 0 aliphatic carbocycles. The van der Waals surface area contributed by atoms with Crippen LogP contribution >= 0.6 is 12.4 Å². The summed E-state index contributed by atoms with van der Waals surface area (Å²) in [5.41, 5.74) is 0. The van der Waals surface area contributed by atoms with E-state index in [0.29, 0.717) is 19.0 Å². The van der Waals surface area contributed by atoms with Gasteiger partial charge in [0.15, 0.2) is 0 Å². The molecule has 0 spiro atoms. The summed E-state index contributed by atoms with van der Waals surface area (Å²) >= 11 is 0. The van der Waals surface area contributed by atoms with Gasteiger partial charge in [-0.05, 0) is 18.9 Å². The van der Waals surface area contributed by atoms with Crippen molar-refractivity contribution in [2.45, 2.75) is 33.2 Å². The van der Waals surface area contributed by atoms with Crippen LogP contribution in [0.2, 0.25) is 0 Å². The van der Waals surface area contributed by atoms with E-state index in [1.807, 2.05) is 13.8 Å². The van der Waals surface area contributed by atoms with E-state index in [1.165, 1.54) is 4.31 Å². The Morgan fingerprint density at radius 1 is 1.35 bits per heavy atom. The summed E-state index contributed by atoms with van der Waals surface area (Å²) in [5, 5.41) is 3.22. The Labute approximate surface area is 111 Å². The summed E-state index contributed by atoms with van der Waals surface area (Å²) in [7, 11) is -3.31. The molecular formula is C10H24ClN3O2S. The number of nitrogens with one attached hydrogen (secondary N) is 2. The number of piperidine rings is 1. The summed E-state index contributed by atoms with van der Waals surface area (Å²) < 4.78 is 28.2. The number of hydrogen-bond donors (Lipinski definition) is 2.